The van der Waals surface area contributed by atoms with Crippen LogP contribution in [0.4, 0.5) is 4.39 Å². The number of piperazine rings is 1. The topological polar surface area (TPSA) is 24.5 Å². The molecule has 128 valence electrons. The maximum Gasteiger partial charge on any atom is 0.126 e. The van der Waals surface area contributed by atoms with E-state index in [4.69, 9.17) is 4.74 Å². The van der Waals surface area contributed by atoms with Crippen LogP contribution in [0.15, 0.2) is 18.2 Å². The van der Waals surface area contributed by atoms with E-state index >= 15 is 0 Å². The Morgan fingerprint density at radius 2 is 1.91 bits per heavy atom. The zero-order chi connectivity index (χ0) is 14.5. The summed E-state index contributed by atoms with van der Waals surface area (Å²) in [5, 5.41) is 3.38. The van der Waals surface area contributed by atoms with Crippen LogP contribution < -0.4 is 10.1 Å². The average Bonchev–Trinajstić information content (AvgIpc) is 2.49. The smallest absolute Gasteiger partial charge is 0.126 e. The van der Waals surface area contributed by atoms with Crippen LogP contribution in [-0.2, 0) is 0 Å². The molecule has 1 saturated heterocycles. The number of hydrogen-bond acceptors (Lipinski definition) is 3. The molecule has 1 aromatic rings. The molecule has 1 fully saturated rings. The maximum absolute atomic E-state index is 13.4. The third-order valence-corrected chi connectivity index (χ3v) is 4.24. The number of benzene rings is 1. The largest absolute Gasteiger partial charge is 0.496 e. The Morgan fingerprint density at radius 3 is 2.45 bits per heavy atom. The molecule has 1 aliphatic rings. The van der Waals surface area contributed by atoms with Crippen LogP contribution >= 0.6 is 24.8 Å². The predicted molar refractivity (Wildman–Crippen MR) is 94.1 cm³/mol. The van der Waals surface area contributed by atoms with E-state index in [1.807, 2.05) is 6.07 Å². The highest BCUT2D eigenvalue weighted by Gasteiger charge is 2.28. The van der Waals surface area contributed by atoms with E-state index in [1.54, 1.807) is 7.11 Å². The summed E-state index contributed by atoms with van der Waals surface area (Å²) < 4.78 is 18.8. The van der Waals surface area contributed by atoms with Gasteiger partial charge in [-0.05, 0) is 12.0 Å². The summed E-state index contributed by atoms with van der Waals surface area (Å²) in [5.41, 5.74) is 1.10. The Bertz CT molecular complexity index is 442. The van der Waals surface area contributed by atoms with Crippen molar-refractivity contribution >= 4 is 24.8 Å². The van der Waals surface area contributed by atoms with Crippen LogP contribution in [0.2, 0.25) is 0 Å². The lowest BCUT2D eigenvalue weighted by Gasteiger charge is -2.39. The van der Waals surface area contributed by atoms with Crippen molar-refractivity contribution in [2.24, 2.45) is 5.92 Å². The second-order valence-electron chi connectivity index (χ2n) is 5.50. The van der Waals surface area contributed by atoms with Gasteiger partial charge >= 0.3 is 0 Å². The van der Waals surface area contributed by atoms with Crippen molar-refractivity contribution in [1.82, 2.24) is 10.2 Å². The van der Waals surface area contributed by atoms with Gasteiger partial charge in [0.25, 0.3) is 0 Å². The standard InChI is InChI=1S/C16H25FN2O.2ClH/c1-4-12(2)16(19-9-7-18-8-10-19)14-6-5-13(17)11-15(14)20-3;;/h5-6,11-12,16,18H,4,7-10H2,1-3H3;2*1H/t12?,16-;;/m0../s1. The molecule has 1 unspecified atom stereocenters. The summed E-state index contributed by atoms with van der Waals surface area (Å²) in [7, 11) is 1.61. The summed E-state index contributed by atoms with van der Waals surface area (Å²) >= 11 is 0. The first-order valence-electron chi connectivity index (χ1n) is 7.45. The Labute approximate surface area is 145 Å². The molecule has 1 aromatic carbocycles. The maximum atomic E-state index is 13.4. The predicted octanol–water partition coefficient (Wildman–Crippen LogP) is 3.67. The third-order valence-electron chi connectivity index (χ3n) is 4.24. The van der Waals surface area contributed by atoms with Crippen LogP contribution in [0.25, 0.3) is 0 Å². The van der Waals surface area contributed by atoms with Gasteiger partial charge in [0.2, 0.25) is 0 Å². The van der Waals surface area contributed by atoms with Crippen molar-refractivity contribution in [3.8, 4) is 5.75 Å². The van der Waals surface area contributed by atoms with E-state index in [0.29, 0.717) is 11.7 Å². The number of halogens is 3. The first-order chi connectivity index (χ1) is 9.67. The van der Waals surface area contributed by atoms with Gasteiger partial charge in [-0.1, -0.05) is 26.3 Å². The van der Waals surface area contributed by atoms with Gasteiger partial charge in [-0.3, -0.25) is 4.90 Å². The van der Waals surface area contributed by atoms with Crippen molar-refractivity contribution in [2.45, 2.75) is 26.3 Å². The van der Waals surface area contributed by atoms with Gasteiger partial charge in [0.15, 0.2) is 0 Å². The van der Waals surface area contributed by atoms with Gasteiger partial charge in [-0.2, -0.15) is 0 Å². The molecule has 0 bridgehead atoms. The highest BCUT2D eigenvalue weighted by atomic mass is 35.5. The Morgan fingerprint density at radius 1 is 1.27 bits per heavy atom. The van der Waals surface area contributed by atoms with Crippen LogP contribution in [0.5, 0.6) is 5.75 Å². The molecule has 2 atom stereocenters. The normalized spacial score (nSPS) is 17.8. The van der Waals surface area contributed by atoms with Crippen molar-refractivity contribution < 1.29 is 9.13 Å². The fraction of sp³-hybridized carbons (Fsp3) is 0.625. The Kier molecular flexibility index (Phi) is 10.0. The lowest BCUT2D eigenvalue weighted by atomic mass is 9.90. The first kappa shape index (κ1) is 21.4. The molecule has 0 radical (unpaired) electrons. The first-order valence-corrected chi connectivity index (χ1v) is 7.45. The van der Waals surface area contributed by atoms with Gasteiger partial charge in [0, 0.05) is 43.9 Å². The molecule has 0 aromatic heterocycles. The minimum atomic E-state index is -0.242. The van der Waals surface area contributed by atoms with Crippen molar-refractivity contribution in [3.63, 3.8) is 0 Å². The van der Waals surface area contributed by atoms with Crippen LogP contribution in [-0.4, -0.2) is 38.2 Å². The molecule has 0 saturated carbocycles. The molecule has 0 spiro atoms. The molecule has 1 aliphatic heterocycles. The van der Waals surface area contributed by atoms with Crippen LogP contribution in [0.3, 0.4) is 0 Å². The second kappa shape index (κ2) is 10.3. The second-order valence-corrected chi connectivity index (χ2v) is 5.50. The van der Waals surface area contributed by atoms with Crippen molar-refractivity contribution in [3.05, 3.63) is 29.6 Å². The fourth-order valence-corrected chi connectivity index (χ4v) is 2.98. The van der Waals surface area contributed by atoms with Crippen LogP contribution in [0.1, 0.15) is 31.9 Å². The van der Waals surface area contributed by atoms with Gasteiger partial charge in [-0.25, -0.2) is 4.39 Å². The fourth-order valence-electron chi connectivity index (χ4n) is 2.98. The summed E-state index contributed by atoms with van der Waals surface area (Å²) in [6.45, 7) is 8.53. The van der Waals surface area contributed by atoms with Crippen molar-refractivity contribution in [2.75, 3.05) is 33.3 Å². The number of ether oxygens (including phenoxy) is 1. The quantitative estimate of drug-likeness (QED) is 0.874. The molecule has 2 rings (SSSR count). The van der Waals surface area contributed by atoms with E-state index < -0.39 is 0 Å². The summed E-state index contributed by atoms with van der Waals surface area (Å²) in [5.74, 6) is 0.926. The Balaban J connectivity index is 0.00000220. The summed E-state index contributed by atoms with van der Waals surface area (Å²) in [6, 6.07) is 5.20. The Hall–Kier alpha value is -0.550. The minimum absolute atomic E-state index is 0. The number of methoxy groups -OCH3 is 1. The number of nitrogens with one attached hydrogen (secondary N) is 1. The van der Waals surface area contributed by atoms with E-state index in [1.165, 1.54) is 12.1 Å². The molecule has 22 heavy (non-hydrogen) atoms. The van der Waals surface area contributed by atoms with Gasteiger partial charge < -0.3 is 10.1 Å². The van der Waals surface area contributed by atoms with E-state index in [0.717, 1.165) is 38.2 Å². The van der Waals surface area contributed by atoms with Crippen molar-refractivity contribution in [1.29, 1.82) is 0 Å². The molecule has 0 amide bonds. The average molecular weight is 353 g/mol. The highest BCUT2D eigenvalue weighted by molar-refractivity contribution is 5.85. The molecule has 3 nitrogen and oxygen atoms in total. The lowest BCUT2D eigenvalue weighted by Crippen LogP contribution is -2.46. The summed E-state index contributed by atoms with van der Waals surface area (Å²) in [4.78, 5) is 2.49. The summed E-state index contributed by atoms with van der Waals surface area (Å²) in [6.07, 6.45) is 1.09. The minimum Gasteiger partial charge on any atom is -0.496 e. The zero-order valence-corrected chi connectivity index (χ0v) is 15.1. The highest BCUT2D eigenvalue weighted by Crippen LogP contribution is 2.36. The number of nitrogens with zero attached hydrogens (tertiary/aromatic N) is 1. The molecule has 1 N–H and O–H groups in total. The monoisotopic (exact) mass is 352 g/mol. The van der Waals surface area contributed by atoms with E-state index in [9.17, 15) is 4.39 Å². The van der Waals surface area contributed by atoms with Gasteiger partial charge in [0.1, 0.15) is 11.6 Å². The zero-order valence-electron chi connectivity index (χ0n) is 13.5. The molecule has 1 heterocycles. The van der Waals surface area contributed by atoms with Crippen LogP contribution in [0, 0.1) is 11.7 Å². The van der Waals surface area contributed by atoms with E-state index in [-0.39, 0.29) is 36.7 Å². The number of rotatable bonds is 5. The number of hydrogen-bond donors (Lipinski definition) is 1. The molecular weight excluding hydrogens is 326 g/mol. The third kappa shape index (κ3) is 4.98. The van der Waals surface area contributed by atoms with Gasteiger partial charge in [-0.15, -0.1) is 24.8 Å². The van der Waals surface area contributed by atoms with E-state index in [2.05, 4.69) is 24.1 Å². The van der Waals surface area contributed by atoms with Gasteiger partial charge in [0.05, 0.1) is 7.11 Å². The lowest BCUT2D eigenvalue weighted by molar-refractivity contribution is 0.126. The SMILES string of the molecule is CCC(C)[C@@H](c1ccc(F)cc1OC)N1CCNCC1.Cl.Cl. The molecule has 6 heteroatoms. The molecule has 0 aliphatic carbocycles. The molecular formula is C16H27Cl2FN2O.